The zero-order valence-corrected chi connectivity index (χ0v) is 8.80. The van der Waals surface area contributed by atoms with Gasteiger partial charge in [0, 0.05) is 19.5 Å². The molecule has 1 amide bonds. The van der Waals surface area contributed by atoms with Crippen LogP contribution < -0.4 is 0 Å². The number of amides is 1. The van der Waals surface area contributed by atoms with Crippen molar-refractivity contribution in [3.63, 3.8) is 0 Å². The third-order valence-corrected chi connectivity index (χ3v) is 3.63. The topological polar surface area (TPSA) is 20.3 Å². The summed E-state index contributed by atoms with van der Waals surface area (Å²) >= 11 is 4.09. The monoisotopic (exact) mass is 199 g/mol. The molecular formula is C10H17NOS. The van der Waals surface area contributed by atoms with E-state index >= 15 is 0 Å². The van der Waals surface area contributed by atoms with Crippen LogP contribution in [0.15, 0.2) is 0 Å². The third kappa shape index (κ3) is 1.85. The van der Waals surface area contributed by atoms with Crippen molar-refractivity contribution in [3.8, 4) is 0 Å². The second kappa shape index (κ2) is 3.91. The van der Waals surface area contributed by atoms with Crippen LogP contribution in [0.3, 0.4) is 0 Å². The maximum Gasteiger partial charge on any atom is 0.223 e. The first kappa shape index (κ1) is 9.38. The molecule has 3 heteroatoms. The van der Waals surface area contributed by atoms with Crippen molar-refractivity contribution < 1.29 is 4.79 Å². The molecule has 2 fully saturated rings. The van der Waals surface area contributed by atoms with E-state index in [-0.39, 0.29) is 0 Å². The molecule has 0 aromatic heterocycles. The first-order valence-electron chi connectivity index (χ1n) is 5.20. The van der Waals surface area contributed by atoms with Crippen LogP contribution in [0.2, 0.25) is 0 Å². The number of nitrogens with zero attached hydrogens (tertiary/aromatic N) is 1. The predicted molar refractivity (Wildman–Crippen MR) is 55.9 cm³/mol. The van der Waals surface area contributed by atoms with Gasteiger partial charge in [-0.2, -0.15) is 12.6 Å². The average molecular weight is 199 g/mol. The van der Waals surface area contributed by atoms with E-state index < -0.39 is 0 Å². The van der Waals surface area contributed by atoms with Gasteiger partial charge in [-0.1, -0.05) is 6.42 Å². The lowest BCUT2D eigenvalue weighted by atomic mass is 10.0. The second-order valence-corrected chi connectivity index (χ2v) is 4.67. The van der Waals surface area contributed by atoms with E-state index in [2.05, 4.69) is 12.6 Å². The van der Waals surface area contributed by atoms with Gasteiger partial charge < -0.3 is 4.90 Å². The van der Waals surface area contributed by atoms with Crippen molar-refractivity contribution in [2.24, 2.45) is 11.8 Å². The first-order chi connectivity index (χ1) is 6.31. The Labute approximate surface area is 85.1 Å². The van der Waals surface area contributed by atoms with Gasteiger partial charge in [-0.25, -0.2) is 0 Å². The van der Waals surface area contributed by atoms with E-state index in [4.69, 9.17) is 0 Å². The highest BCUT2D eigenvalue weighted by Gasteiger charge is 2.37. The molecule has 74 valence electrons. The highest BCUT2D eigenvalue weighted by Crippen LogP contribution is 2.37. The number of hydrogen-bond donors (Lipinski definition) is 1. The van der Waals surface area contributed by atoms with Gasteiger partial charge in [-0.3, -0.25) is 4.79 Å². The molecule has 0 N–H and O–H groups in total. The molecule has 0 spiro atoms. The number of rotatable bonds is 2. The van der Waals surface area contributed by atoms with Crippen LogP contribution in [0.5, 0.6) is 0 Å². The molecule has 1 aliphatic heterocycles. The van der Waals surface area contributed by atoms with Gasteiger partial charge >= 0.3 is 0 Å². The number of likely N-dealkylation sites (tertiary alicyclic amines) is 1. The number of carbonyl (C=O) groups is 1. The fourth-order valence-electron chi connectivity index (χ4n) is 2.69. The summed E-state index contributed by atoms with van der Waals surface area (Å²) in [5.41, 5.74) is 0. The molecular weight excluding hydrogens is 182 g/mol. The Morgan fingerprint density at radius 1 is 1.31 bits per heavy atom. The van der Waals surface area contributed by atoms with Crippen LogP contribution in [0.1, 0.15) is 25.7 Å². The molecule has 2 atom stereocenters. The minimum Gasteiger partial charge on any atom is -0.342 e. The molecule has 2 rings (SSSR count). The quantitative estimate of drug-likeness (QED) is 0.669. The Balaban J connectivity index is 1.87. The van der Waals surface area contributed by atoms with E-state index in [1.54, 1.807) is 0 Å². The van der Waals surface area contributed by atoms with Crippen LogP contribution in [0.4, 0.5) is 0 Å². The third-order valence-electron chi connectivity index (χ3n) is 3.40. The normalized spacial score (nSPS) is 32.2. The molecule has 1 saturated heterocycles. The van der Waals surface area contributed by atoms with Crippen molar-refractivity contribution in [3.05, 3.63) is 0 Å². The average Bonchev–Trinajstić information content (AvgIpc) is 2.61. The second-order valence-electron chi connectivity index (χ2n) is 4.22. The number of carbonyl (C=O) groups excluding carboxylic acids is 1. The molecule has 1 heterocycles. The van der Waals surface area contributed by atoms with Gasteiger partial charge in [-0.15, -0.1) is 0 Å². The van der Waals surface area contributed by atoms with Gasteiger partial charge in [0.2, 0.25) is 5.91 Å². The predicted octanol–water partition coefficient (Wildman–Crippen LogP) is 1.56. The summed E-state index contributed by atoms with van der Waals surface area (Å²) in [6, 6.07) is 0. The van der Waals surface area contributed by atoms with Crippen molar-refractivity contribution in [1.29, 1.82) is 0 Å². The molecule has 2 nitrogen and oxygen atoms in total. The van der Waals surface area contributed by atoms with Gasteiger partial charge in [0.15, 0.2) is 0 Å². The molecule has 1 saturated carbocycles. The van der Waals surface area contributed by atoms with Gasteiger partial charge in [0.25, 0.3) is 0 Å². The number of fused-ring (bicyclic) bond motifs is 1. The van der Waals surface area contributed by atoms with Crippen molar-refractivity contribution >= 4 is 18.5 Å². The van der Waals surface area contributed by atoms with Gasteiger partial charge in [0.05, 0.1) is 0 Å². The standard InChI is InChI=1S/C10H17NOS/c12-10(4-5-13)11-6-8-2-1-3-9(8)7-11/h8-9,13H,1-7H2. The largest absolute Gasteiger partial charge is 0.342 e. The maximum atomic E-state index is 11.6. The highest BCUT2D eigenvalue weighted by atomic mass is 32.1. The lowest BCUT2D eigenvalue weighted by Crippen LogP contribution is -2.29. The fourth-order valence-corrected chi connectivity index (χ4v) is 2.88. The van der Waals surface area contributed by atoms with Gasteiger partial charge in [0.1, 0.15) is 0 Å². The Morgan fingerprint density at radius 2 is 1.92 bits per heavy atom. The lowest BCUT2D eigenvalue weighted by molar-refractivity contribution is -0.130. The number of hydrogen-bond acceptors (Lipinski definition) is 2. The van der Waals surface area contributed by atoms with Crippen LogP contribution in [-0.4, -0.2) is 29.6 Å². The summed E-state index contributed by atoms with van der Waals surface area (Å²) in [5, 5.41) is 0. The van der Waals surface area contributed by atoms with Crippen LogP contribution >= 0.6 is 12.6 Å². The summed E-state index contributed by atoms with van der Waals surface area (Å²) in [5.74, 6) is 2.64. The lowest BCUT2D eigenvalue weighted by Gasteiger charge is -2.16. The molecule has 0 radical (unpaired) electrons. The molecule has 13 heavy (non-hydrogen) atoms. The minimum absolute atomic E-state index is 0.310. The zero-order valence-electron chi connectivity index (χ0n) is 7.91. The summed E-state index contributed by atoms with van der Waals surface area (Å²) in [6.45, 7) is 2.05. The molecule has 0 aromatic carbocycles. The van der Waals surface area contributed by atoms with E-state index in [0.717, 1.165) is 24.9 Å². The van der Waals surface area contributed by atoms with E-state index in [1.165, 1.54) is 19.3 Å². The van der Waals surface area contributed by atoms with E-state index in [9.17, 15) is 4.79 Å². The van der Waals surface area contributed by atoms with Gasteiger partial charge in [-0.05, 0) is 30.4 Å². The first-order valence-corrected chi connectivity index (χ1v) is 5.83. The Bertz CT molecular complexity index is 195. The summed E-state index contributed by atoms with van der Waals surface area (Å²) in [6.07, 6.45) is 4.68. The number of thiol groups is 1. The van der Waals surface area contributed by atoms with Crippen molar-refractivity contribution in [1.82, 2.24) is 4.90 Å². The molecule has 0 bridgehead atoms. The van der Waals surface area contributed by atoms with Crippen molar-refractivity contribution in [2.75, 3.05) is 18.8 Å². The van der Waals surface area contributed by atoms with Crippen LogP contribution in [0.25, 0.3) is 0 Å². The minimum atomic E-state index is 0.310. The Kier molecular flexibility index (Phi) is 2.82. The summed E-state index contributed by atoms with van der Waals surface area (Å²) in [7, 11) is 0. The summed E-state index contributed by atoms with van der Waals surface area (Å²) in [4.78, 5) is 13.6. The molecule has 2 unspecified atom stereocenters. The van der Waals surface area contributed by atoms with Crippen LogP contribution in [0, 0.1) is 11.8 Å². The maximum absolute atomic E-state index is 11.6. The molecule has 2 aliphatic rings. The zero-order chi connectivity index (χ0) is 9.26. The van der Waals surface area contributed by atoms with Crippen LogP contribution in [-0.2, 0) is 4.79 Å². The molecule has 1 aliphatic carbocycles. The highest BCUT2D eigenvalue weighted by molar-refractivity contribution is 7.80. The fraction of sp³-hybridized carbons (Fsp3) is 0.900. The SMILES string of the molecule is O=C(CCS)N1CC2CCCC2C1. The molecule has 0 aromatic rings. The van der Waals surface area contributed by atoms with E-state index in [1.807, 2.05) is 4.90 Å². The van der Waals surface area contributed by atoms with E-state index in [0.29, 0.717) is 18.1 Å². The van der Waals surface area contributed by atoms with Crippen molar-refractivity contribution in [2.45, 2.75) is 25.7 Å². The summed E-state index contributed by atoms with van der Waals surface area (Å²) < 4.78 is 0. The smallest absolute Gasteiger partial charge is 0.223 e. The Morgan fingerprint density at radius 3 is 2.46 bits per heavy atom. The Hall–Kier alpha value is -0.180.